The van der Waals surface area contributed by atoms with E-state index in [-0.39, 0.29) is 5.91 Å². The highest BCUT2D eigenvalue weighted by Gasteiger charge is 2.14. The number of nitrogens with one attached hydrogen (secondary N) is 1. The Morgan fingerprint density at radius 1 is 1.47 bits per heavy atom. The van der Waals surface area contributed by atoms with Crippen molar-refractivity contribution in [2.24, 2.45) is 0 Å². The van der Waals surface area contributed by atoms with Gasteiger partial charge in [0, 0.05) is 39.3 Å². The molecule has 0 bridgehead atoms. The average Bonchev–Trinajstić information content (AvgIpc) is 2.85. The molecule has 17 heavy (non-hydrogen) atoms. The van der Waals surface area contributed by atoms with E-state index in [0.717, 1.165) is 32.7 Å². The minimum absolute atomic E-state index is 0.173. The Labute approximate surface area is 101 Å². The second-order valence-electron chi connectivity index (χ2n) is 4.27. The predicted molar refractivity (Wildman–Crippen MR) is 62.8 cm³/mol. The van der Waals surface area contributed by atoms with E-state index in [0.29, 0.717) is 12.2 Å². The molecular formula is C11H18N4O2. The maximum absolute atomic E-state index is 11.5. The molecule has 0 atom stereocenters. The van der Waals surface area contributed by atoms with Crippen molar-refractivity contribution in [2.45, 2.75) is 0 Å². The molecule has 1 aromatic rings. The molecule has 6 nitrogen and oxygen atoms in total. The Morgan fingerprint density at radius 2 is 2.24 bits per heavy atom. The van der Waals surface area contributed by atoms with Crippen LogP contribution in [0.3, 0.4) is 0 Å². The second-order valence-corrected chi connectivity index (χ2v) is 4.27. The number of likely N-dealkylation sites (N-methyl/N-ethyl adjacent to an activating group) is 1. The van der Waals surface area contributed by atoms with Crippen LogP contribution in [0.15, 0.2) is 17.1 Å². The van der Waals surface area contributed by atoms with Gasteiger partial charge in [-0.15, -0.1) is 0 Å². The quantitative estimate of drug-likeness (QED) is 0.777. The minimum Gasteiger partial charge on any atom is -0.451 e. The number of piperazine rings is 1. The lowest BCUT2D eigenvalue weighted by Gasteiger charge is -2.32. The van der Waals surface area contributed by atoms with Gasteiger partial charge in [-0.3, -0.25) is 9.69 Å². The number of aromatic nitrogens is 1. The lowest BCUT2D eigenvalue weighted by atomic mass is 10.3. The van der Waals surface area contributed by atoms with Crippen LogP contribution in [0.2, 0.25) is 0 Å². The number of oxazole rings is 1. The molecule has 1 aromatic heterocycles. The highest BCUT2D eigenvalue weighted by molar-refractivity contribution is 5.91. The molecule has 0 spiro atoms. The Hall–Kier alpha value is -1.40. The van der Waals surface area contributed by atoms with Gasteiger partial charge >= 0.3 is 0 Å². The Balaban J connectivity index is 1.64. The SMILES string of the molecule is CN1CCN(CCNC(=O)c2cocn2)CC1. The molecule has 0 aromatic carbocycles. The van der Waals surface area contributed by atoms with Gasteiger partial charge in [-0.1, -0.05) is 0 Å². The smallest absolute Gasteiger partial charge is 0.273 e. The summed E-state index contributed by atoms with van der Waals surface area (Å²) in [6, 6.07) is 0. The fourth-order valence-electron chi connectivity index (χ4n) is 1.81. The van der Waals surface area contributed by atoms with Crippen LogP contribution >= 0.6 is 0 Å². The van der Waals surface area contributed by atoms with E-state index >= 15 is 0 Å². The van der Waals surface area contributed by atoms with Gasteiger partial charge in [0.15, 0.2) is 12.1 Å². The molecule has 1 N–H and O–H groups in total. The zero-order valence-electron chi connectivity index (χ0n) is 10.1. The first-order chi connectivity index (χ1) is 8.25. The Morgan fingerprint density at radius 3 is 2.88 bits per heavy atom. The summed E-state index contributed by atoms with van der Waals surface area (Å²) in [5.74, 6) is -0.173. The third-order valence-electron chi connectivity index (χ3n) is 2.97. The van der Waals surface area contributed by atoms with Gasteiger partial charge in [-0.05, 0) is 7.05 Å². The molecule has 2 rings (SSSR count). The van der Waals surface area contributed by atoms with Crippen LogP contribution < -0.4 is 5.32 Å². The maximum Gasteiger partial charge on any atom is 0.273 e. The normalized spacial score (nSPS) is 18.2. The Kier molecular flexibility index (Phi) is 4.11. The van der Waals surface area contributed by atoms with Crippen molar-refractivity contribution in [1.29, 1.82) is 0 Å². The maximum atomic E-state index is 11.5. The summed E-state index contributed by atoms with van der Waals surface area (Å²) in [5.41, 5.74) is 0.336. The van der Waals surface area contributed by atoms with Gasteiger partial charge in [-0.2, -0.15) is 0 Å². The number of nitrogens with zero attached hydrogens (tertiary/aromatic N) is 3. The van der Waals surface area contributed by atoms with Crippen molar-refractivity contribution in [3.05, 3.63) is 18.4 Å². The molecule has 0 unspecified atom stereocenters. The van der Waals surface area contributed by atoms with Crippen LogP contribution in [0.5, 0.6) is 0 Å². The van der Waals surface area contributed by atoms with Crippen molar-refractivity contribution in [2.75, 3.05) is 46.3 Å². The molecule has 2 heterocycles. The summed E-state index contributed by atoms with van der Waals surface area (Å²) in [6.07, 6.45) is 2.61. The van der Waals surface area contributed by atoms with Gasteiger partial charge in [0.05, 0.1) is 0 Å². The van der Waals surface area contributed by atoms with E-state index in [9.17, 15) is 4.79 Å². The predicted octanol–water partition coefficient (Wildman–Crippen LogP) is -0.348. The molecule has 6 heteroatoms. The molecule has 1 saturated heterocycles. The monoisotopic (exact) mass is 238 g/mol. The Bertz CT molecular complexity index is 344. The van der Waals surface area contributed by atoms with Gasteiger partial charge in [0.2, 0.25) is 0 Å². The summed E-state index contributed by atoms with van der Waals surface area (Å²) < 4.78 is 4.76. The third kappa shape index (κ3) is 3.54. The molecule has 0 aliphatic carbocycles. The van der Waals surface area contributed by atoms with Gasteiger partial charge in [0.25, 0.3) is 5.91 Å². The third-order valence-corrected chi connectivity index (χ3v) is 2.97. The van der Waals surface area contributed by atoms with Gasteiger partial charge < -0.3 is 14.6 Å². The summed E-state index contributed by atoms with van der Waals surface area (Å²) >= 11 is 0. The highest BCUT2D eigenvalue weighted by atomic mass is 16.3. The van der Waals surface area contributed by atoms with E-state index in [1.54, 1.807) is 0 Å². The first kappa shape index (κ1) is 12.1. The number of hydrogen-bond acceptors (Lipinski definition) is 5. The van der Waals surface area contributed by atoms with Crippen molar-refractivity contribution < 1.29 is 9.21 Å². The molecule has 1 aliphatic rings. The highest BCUT2D eigenvalue weighted by Crippen LogP contribution is 1.98. The summed E-state index contributed by atoms with van der Waals surface area (Å²) in [7, 11) is 2.13. The van der Waals surface area contributed by atoms with Crippen LogP contribution in [-0.2, 0) is 0 Å². The van der Waals surface area contributed by atoms with E-state index in [4.69, 9.17) is 4.42 Å². The van der Waals surface area contributed by atoms with E-state index < -0.39 is 0 Å². The van der Waals surface area contributed by atoms with Crippen molar-refractivity contribution >= 4 is 5.91 Å². The molecular weight excluding hydrogens is 220 g/mol. The zero-order chi connectivity index (χ0) is 12.1. The van der Waals surface area contributed by atoms with Crippen molar-refractivity contribution in [1.82, 2.24) is 20.1 Å². The number of amides is 1. The van der Waals surface area contributed by atoms with E-state index in [1.807, 2.05) is 0 Å². The van der Waals surface area contributed by atoms with Crippen LogP contribution in [0.1, 0.15) is 10.5 Å². The molecule has 0 saturated carbocycles. The van der Waals surface area contributed by atoms with Crippen LogP contribution in [-0.4, -0.2) is 67.0 Å². The first-order valence-corrected chi connectivity index (χ1v) is 5.83. The molecule has 94 valence electrons. The number of carbonyl (C=O) groups is 1. The average molecular weight is 238 g/mol. The largest absolute Gasteiger partial charge is 0.451 e. The van der Waals surface area contributed by atoms with E-state index in [1.165, 1.54) is 12.7 Å². The fourth-order valence-corrected chi connectivity index (χ4v) is 1.81. The lowest BCUT2D eigenvalue weighted by molar-refractivity contribution is 0.0936. The lowest BCUT2D eigenvalue weighted by Crippen LogP contribution is -2.46. The summed E-state index contributed by atoms with van der Waals surface area (Å²) in [6.45, 7) is 5.86. The van der Waals surface area contributed by atoms with Crippen molar-refractivity contribution in [3.8, 4) is 0 Å². The summed E-state index contributed by atoms with van der Waals surface area (Å²) in [4.78, 5) is 20.0. The minimum atomic E-state index is -0.173. The zero-order valence-corrected chi connectivity index (χ0v) is 10.1. The van der Waals surface area contributed by atoms with Gasteiger partial charge in [0.1, 0.15) is 6.26 Å². The van der Waals surface area contributed by atoms with Gasteiger partial charge in [-0.25, -0.2) is 4.98 Å². The number of carbonyl (C=O) groups excluding carboxylic acids is 1. The molecule has 0 radical (unpaired) electrons. The second kappa shape index (κ2) is 5.79. The summed E-state index contributed by atoms with van der Waals surface area (Å²) in [5, 5.41) is 2.83. The van der Waals surface area contributed by atoms with Crippen molar-refractivity contribution in [3.63, 3.8) is 0 Å². The first-order valence-electron chi connectivity index (χ1n) is 5.83. The van der Waals surface area contributed by atoms with Crippen LogP contribution in [0.25, 0.3) is 0 Å². The number of hydrogen-bond donors (Lipinski definition) is 1. The molecule has 1 amide bonds. The number of rotatable bonds is 4. The topological polar surface area (TPSA) is 61.6 Å². The molecule has 1 fully saturated rings. The fraction of sp³-hybridized carbons (Fsp3) is 0.636. The molecule has 1 aliphatic heterocycles. The van der Waals surface area contributed by atoms with Crippen LogP contribution in [0, 0.1) is 0 Å². The standard InChI is InChI=1S/C11H18N4O2/c1-14-4-6-15(7-5-14)3-2-12-11(16)10-8-17-9-13-10/h8-9H,2-7H2,1H3,(H,12,16). The van der Waals surface area contributed by atoms with Crippen LogP contribution in [0.4, 0.5) is 0 Å². The van der Waals surface area contributed by atoms with E-state index in [2.05, 4.69) is 27.1 Å².